The molecule has 9 nitrogen and oxygen atoms in total. The highest BCUT2D eigenvalue weighted by atomic mass is 35.5. The molecule has 0 unspecified atom stereocenters. The van der Waals surface area contributed by atoms with Gasteiger partial charge in [0.15, 0.2) is 5.78 Å². The number of halogens is 3. The summed E-state index contributed by atoms with van der Waals surface area (Å²) in [6, 6.07) is 22.8. The summed E-state index contributed by atoms with van der Waals surface area (Å²) in [6.07, 6.45) is 9.02. The summed E-state index contributed by atoms with van der Waals surface area (Å²) in [4.78, 5) is 47.5. The second kappa shape index (κ2) is 25.9. The highest BCUT2D eigenvalue weighted by Gasteiger charge is 2.32. The van der Waals surface area contributed by atoms with E-state index in [0.29, 0.717) is 57.8 Å². The van der Waals surface area contributed by atoms with E-state index in [4.69, 9.17) is 34.0 Å². The molecule has 0 heterocycles. The van der Waals surface area contributed by atoms with Crippen LogP contribution in [0.4, 0.5) is 0 Å². The molecule has 2 saturated carbocycles. The number of carboxylic acid groups (broad SMARTS) is 1. The number of amides is 1. The lowest BCUT2D eigenvalue weighted by Crippen LogP contribution is -2.41. The quantitative estimate of drug-likeness (QED) is 0.0785. The van der Waals surface area contributed by atoms with Crippen molar-refractivity contribution in [2.45, 2.75) is 131 Å². The Morgan fingerprint density at radius 1 is 0.672 bits per heavy atom. The molecule has 6 N–H and O–H groups in total. The lowest BCUT2D eigenvalue weighted by atomic mass is 9.95. The van der Waals surface area contributed by atoms with E-state index in [9.17, 15) is 29.4 Å². The molecule has 6 rings (SSSR count). The number of nitrogens with two attached hydrogens (primary N) is 1. The Kier molecular flexibility index (Phi) is 21.8. The molecule has 2 fully saturated rings. The van der Waals surface area contributed by atoms with Gasteiger partial charge in [-0.25, -0.2) is 0 Å². The maximum Gasteiger partial charge on any atom is 0.306 e. The molecule has 348 valence electrons. The van der Waals surface area contributed by atoms with Gasteiger partial charge in [0, 0.05) is 28.8 Å². The Hall–Kier alpha value is -4.41. The highest BCUT2D eigenvalue weighted by molar-refractivity contribution is 6.31. The van der Waals surface area contributed by atoms with Gasteiger partial charge in [-0.1, -0.05) is 82.9 Å². The number of benzene rings is 4. The molecule has 0 radical (unpaired) electrons. The van der Waals surface area contributed by atoms with Gasteiger partial charge in [-0.15, -0.1) is 12.4 Å². The van der Waals surface area contributed by atoms with Crippen LogP contribution in [0.2, 0.25) is 10.0 Å². The SMILES string of the molecule is Cc1cc(Cl)cc(CCC(=O)[C@H](C)N)c1O.Cc1cccc(C[C@@H]2CC[C@@H](C(=O)N[C@@H](C)C(=O)CCc3cc(Cl)cc(C)c3O)C2)c1.Cc1cccc(C[C@@H]2CC[C@@H](C(=O)O)C2)c1.Cl. The van der Waals surface area contributed by atoms with Crippen molar-refractivity contribution in [3.05, 3.63) is 127 Å². The van der Waals surface area contributed by atoms with Crippen LogP contribution in [0.25, 0.3) is 0 Å². The van der Waals surface area contributed by atoms with Crippen molar-refractivity contribution in [2.24, 2.45) is 29.4 Å². The van der Waals surface area contributed by atoms with E-state index in [2.05, 4.69) is 67.7 Å². The fourth-order valence-corrected chi connectivity index (χ4v) is 9.28. The normalized spacial score (nSPS) is 18.6. The van der Waals surface area contributed by atoms with Crippen LogP contribution in [-0.2, 0) is 44.9 Å². The molecular weight excluding hydrogens is 871 g/mol. The van der Waals surface area contributed by atoms with E-state index in [1.165, 1.54) is 22.3 Å². The second-order valence-corrected chi connectivity index (χ2v) is 18.8. The van der Waals surface area contributed by atoms with E-state index in [0.717, 1.165) is 56.9 Å². The number of rotatable bonds is 15. The molecule has 1 amide bonds. The van der Waals surface area contributed by atoms with Crippen LogP contribution in [0.15, 0.2) is 72.8 Å². The summed E-state index contributed by atoms with van der Waals surface area (Å²) in [7, 11) is 0. The van der Waals surface area contributed by atoms with Gasteiger partial charge in [0.05, 0.1) is 18.0 Å². The zero-order valence-corrected chi connectivity index (χ0v) is 40.4. The molecule has 2 aliphatic rings. The molecule has 6 atom stereocenters. The molecule has 0 aromatic heterocycles. The summed E-state index contributed by atoms with van der Waals surface area (Å²) in [5.41, 5.74) is 13.4. The van der Waals surface area contributed by atoms with E-state index in [-0.39, 0.29) is 59.6 Å². The minimum absolute atomic E-state index is 0. The van der Waals surface area contributed by atoms with Crippen molar-refractivity contribution < 1.29 is 34.5 Å². The second-order valence-electron chi connectivity index (χ2n) is 17.9. The average molecular weight is 938 g/mol. The van der Waals surface area contributed by atoms with Gasteiger partial charge in [-0.3, -0.25) is 19.2 Å². The van der Waals surface area contributed by atoms with Crippen molar-refractivity contribution in [1.82, 2.24) is 5.32 Å². The number of nitrogens with one attached hydrogen (secondary N) is 1. The number of carbonyl (C=O) groups is 4. The highest BCUT2D eigenvalue weighted by Crippen LogP contribution is 2.35. The van der Waals surface area contributed by atoms with E-state index < -0.39 is 18.1 Å². The van der Waals surface area contributed by atoms with Crippen LogP contribution >= 0.6 is 35.6 Å². The maximum atomic E-state index is 12.7. The van der Waals surface area contributed by atoms with Crippen LogP contribution in [0.1, 0.15) is 110 Å². The number of aliphatic carboxylic acids is 1. The van der Waals surface area contributed by atoms with Gasteiger partial charge in [-0.2, -0.15) is 0 Å². The summed E-state index contributed by atoms with van der Waals surface area (Å²) in [5, 5.41) is 32.9. The summed E-state index contributed by atoms with van der Waals surface area (Å²) in [5.74, 6) is 0.638. The number of carboxylic acids is 1. The number of ketones is 2. The minimum atomic E-state index is -0.619. The predicted molar refractivity (Wildman–Crippen MR) is 260 cm³/mol. The van der Waals surface area contributed by atoms with Crippen molar-refractivity contribution in [3.8, 4) is 11.5 Å². The van der Waals surface area contributed by atoms with Crippen LogP contribution < -0.4 is 11.1 Å². The number of aryl methyl sites for hydroxylation is 6. The Morgan fingerprint density at radius 3 is 1.53 bits per heavy atom. The van der Waals surface area contributed by atoms with Gasteiger partial charge in [-0.05, 0) is 175 Å². The van der Waals surface area contributed by atoms with Crippen LogP contribution in [-0.4, -0.2) is 50.8 Å². The first-order chi connectivity index (χ1) is 29.8. The van der Waals surface area contributed by atoms with Gasteiger partial charge in [0.1, 0.15) is 17.3 Å². The van der Waals surface area contributed by atoms with Crippen LogP contribution in [0.3, 0.4) is 0 Å². The molecule has 0 bridgehead atoms. The van der Waals surface area contributed by atoms with Crippen molar-refractivity contribution in [2.75, 3.05) is 0 Å². The zero-order valence-electron chi connectivity index (χ0n) is 38.1. The number of phenols is 2. The molecule has 4 aromatic rings. The zero-order chi connectivity index (χ0) is 46.4. The number of aromatic hydroxyl groups is 2. The third-order valence-electron chi connectivity index (χ3n) is 12.3. The number of phenolic OH excluding ortho intramolecular Hbond substituents is 2. The molecule has 12 heteroatoms. The van der Waals surface area contributed by atoms with Gasteiger partial charge >= 0.3 is 5.97 Å². The monoisotopic (exact) mass is 936 g/mol. The largest absolute Gasteiger partial charge is 0.507 e. The lowest BCUT2D eigenvalue weighted by Gasteiger charge is -2.17. The molecule has 4 aromatic carbocycles. The summed E-state index contributed by atoms with van der Waals surface area (Å²) < 4.78 is 0. The van der Waals surface area contributed by atoms with Crippen LogP contribution in [0.5, 0.6) is 11.5 Å². The maximum absolute atomic E-state index is 12.7. The Morgan fingerprint density at radius 2 is 1.11 bits per heavy atom. The minimum Gasteiger partial charge on any atom is -0.507 e. The first-order valence-electron chi connectivity index (χ1n) is 22.2. The number of Topliss-reactive ketones (excluding diaryl/α,β-unsaturated/α-hetero) is 2. The van der Waals surface area contributed by atoms with Crippen LogP contribution in [0, 0.1) is 51.4 Å². The molecule has 0 spiro atoms. The topological polar surface area (TPSA) is 167 Å². The van der Waals surface area contributed by atoms with E-state index in [1.54, 1.807) is 52.0 Å². The van der Waals surface area contributed by atoms with Gasteiger partial charge in [0.2, 0.25) is 5.91 Å². The fourth-order valence-electron chi connectivity index (χ4n) is 8.69. The van der Waals surface area contributed by atoms with Crippen molar-refractivity contribution in [1.29, 1.82) is 0 Å². The smallest absolute Gasteiger partial charge is 0.306 e. The first-order valence-corrected chi connectivity index (χ1v) is 23.0. The fraction of sp³-hybridized carbons (Fsp3) is 0.462. The molecule has 64 heavy (non-hydrogen) atoms. The Bertz CT molecular complexity index is 2210. The third-order valence-corrected chi connectivity index (χ3v) is 12.8. The average Bonchev–Trinajstić information content (AvgIpc) is 3.90. The molecular formula is C52H67Cl3N2O7. The Balaban J connectivity index is 0.000000278. The number of hydrogen-bond donors (Lipinski definition) is 5. The van der Waals surface area contributed by atoms with Gasteiger partial charge < -0.3 is 26.4 Å². The van der Waals surface area contributed by atoms with E-state index >= 15 is 0 Å². The summed E-state index contributed by atoms with van der Waals surface area (Å²) in [6.45, 7) is 11.1. The van der Waals surface area contributed by atoms with Crippen molar-refractivity contribution in [3.63, 3.8) is 0 Å². The first kappa shape index (κ1) is 53.9. The standard InChI is InChI=1S/C26H32ClNO3.C14H18O2.C12H16ClNO2.ClH/c1-16-5-4-6-19(11-16)13-20-7-8-22(14-20)26(31)28-18(3)24(29)10-9-21-15-23(27)12-17(2)25(21)30;1-10-3-2-4-11(7-10)8-12-5-6-13(9-12)14(15)16;1-7-5-10(13)6-9(12(7)16)3-4-11(15)8(2)14;/h4-6,11-12,15,18,20,22,30H,7-10,13-14H2,1-3H3,(H,28,31);2-4,7,12-13H,5-6,8-9H2,1H3,(H,15,16);5-6,8,16H,3-4,14H2,1-2H3;1H/t18-,20-,22+;12-,13+;8-;/m000./s1. The van der Waals surface area contributed by atoms with E-state index in [1.807, 2.05) is 0 Å². The van der Waals surface area contributed by atoms with Gasteiger partial charge in [0.25, 0.3) is 0 Å². The molecule has 0 saturated heterocycles. The molecule has 2 aliphatic carbocycles. The number of hydrogen-bond acceptors (Lipinski definition) is 7. The lowest BCUT2D eigenvalue weighted by molar-refractivity contribution is -0.141. The van der Waals surface area contributed by atoms with Crippen molar-refractivity contribution >= 4 is 59.1 Å². The number of carbonyl (C=O) groups excluding carboxylic acids is 3. The predicted octanol–water partition coefficient (Wildman–Crippen LogP) is 11.0. The third kappa shape index (κ3) is 17.2. The molecule has 0 aliphatic heterocycles. The summed E-state index contributed by atoms with van der Waals surface area (Å²) >= 11 is 11.9. The Labute approximate surface area is 395 Å².